The summed E-state index contributed by atoms with van der Waals surface area (Å²) in [5, 5.41) is 18.0. The van der Waals surface area contributed by atoms with Crippen molar-refractivity contribution in [3.63, 3.8) is 0 Å². The number of aromatic nitrogens is 3. The van der Waals surface area contributed by atoms with Gasteiger partial charge in [-0.2, -0.15) is 5.10 Å². The predicted molar refractivity (Wildman–Crippen MR) is 91.7 cm³/mol. The molecular formula is C18H20N4O2. The van der Waals surface area contributed by atoms with E-state index < -0.39 is 6.10 Å². The van der Waals surface area contributed by atoms with E-state index in [2.05, 4.69) is 15.4 Å². The lowest BCUT2D eigenvalue weighted by Gasteiger charge is -2.15. The van der Waals surface area contributed by atoms with Crippen LogP contribution in [-0.4, -0.2) is 32.3 Å². The van der Waals surface area contributed by atoms with Crippen LogP contribution in [0.4, 0.5) is 0 Å². The molecule has 1 amide bonds. The van der Waals surface area contributed by atoms with E-state index in [9.17, 15) is 9.90 Å². The molecule has 0 aliphatic rings. The molecule has 2 aromatic heterocycles. The average Bonchev–Trinajstić information content (AvgIpc) is 2.93. The molecule has 0 radical (unpaired) electrons. The average molecular weight is 324 g/mol. The van der Waals surface area contributed by atoms with Gasteiger partial charge in [0, 0.05) is 19.3 Å². The first kappa shape index (κ1) is 16.1. The fourth-order valence-electron chi connectivity index (χ4n) is 2.78. The van der Waals surface area contributed by atoms with Gasteiger partial charge in [0.25, 0.3) is 5.91 Å². The molecule has 0 spiro atoms. The number of fused-ring (bicyclic) bond motifs is 1. The minimum Gasteiger partial charge on any atom is -0.387 e. The number of benzene rings is 1. The third-order valence-corrected chi connectivity index (χ3v) is 4.08. The van der Waals surface area contributed by atoms with Crippen molar-refractivity contribution < 1.29 is 9.90 Å². The molecule has 0 fully saturated rings. The summed E-state index contributed by atoms with van der Waals surface area (Å²) in [4.78, 5) is 17.0. The highest BCUT2D eigenvalue weighted by Crippen LogP contribution is 2.19. The number of rotatable bonds is 4. The van der Waals surface area contributed by atoms with Crippen molar-refractivity contribution in [1.29, 1.82) is 0 Å². The van der Waals surface area contributed by atoms with Gasteiger partial charge in [-0.3, -0.25) is 9.48 Å². The normalized spacial score (nSPS) is 12.3. The summed E-state index contributed by atoms with van der Waals surface area (Å²) >= 11 is 0. The molecule has 6 heteroatoms. The third-order valence-electron chi connectivity index (χ3n) is 4.08. The summed E-state index contributed by atoms with van der Waals surface area (Å²) in [7, 11) is 1.79. The van der Waals surface area contributed by atoms with Crippen LogP contribution in [0, 0.1) is 13.8 Å². The van der Waals surface area contributed by atoms with Gasteiger partial charge < -0.3 is 10.4 Å². The highest BCUT2D eigenvalue weighted by atomic mass is 16.3. The molecule has 0 saturated heterocycles. The first-order valence-electron chi connectivity index (χ1n) is 7.78. The van der Waals surface area contributed by atoms with Crippen molar-refractivity contribution >= 4 is 16.9 Å². The molecule has 2 N–H and O–H groups in total. The largest absolute Gasteiger partial charge is 0.387 e. The zero-order chi connectivity index (χ0) is 17.3. The Hall–Kier alpha value is -2.73. The lowest BCUT2D eigenvalue weighted by molar-refractivity contribution is 0.0917. The molecule has 24 heavy (non-hydrogen) atoms. The third kappa shape index (κ3) is 3.00. The van der Waals surface area contributed by atoms with Crippen LogP contribution in [0.3, 0.4) is 0 Å². The molecule has 1 unspecified atom stereocenters. The van der Waals surface area contributed by atoms with Gasteiger partial charge in [-0.05, 0) is 31.0 Å². The number of nitrogens with zero attached hydrogens (tertiary/aromatic N) is 3. The Morgan fingerprint density at radius 1 is 1.33 bits per heavy atom. The molecule has 0 saturated carbocycles. The summed E-state index contributed by atoms with van der Waals surface area (Å²) in [5.74, 6) is -0.244. The van der Waals surface area contributed by atoms with Crippen LogP contribution < -0.4 is 5.32 Å². The van der Waals surface area contributed by atoms with E-state index >= 15 is 0 Å². The van der Waals surface area contributed by atoms with E-state index in [0.29, 0.717) is 16.6 Å². The van der Waals surface area contributed by atoms with Crippen LogP contribution in [0.15, 0.2) is 36.5 Å². The topological polar surface area (TPSA) is 80.0 Å². The zero-order valence-electron chi connectivity index (χ0n) is 13.9. The zero-order valence-corrected chi connectivity index (χ0v) is 13.9. The minimum absolute atomic E-state index is 0.146. The number of aryl methyl sites for hydroxylation is 3. The van der Waals surface area contributed by atoms with Gasteiger partial charge in [-0.25, -0.2) is 4.98 Å². The lowest BCUT2D eigenvalue weighted by Crippen LogP contribution is -2.29. The summed E-state index contributed by atoms with van der Waals surface area (Å²) in [5.41, 5.74) is 3.74. The molecule has 1 atom stereocenters. The summed E-state index contributed by atoms with van der Waals surface area (Å²) < 4.78 is 1.64. The van der Waals surface area contributed by atoms with E-state index in [1.54, 1.807) is 24.0 Å². The maximum absolute atomic E-state index is 12.6. The quantitative estimate of drug-likeness (QED) is 0.770. The Labute approximate surface area is 140 Å². The van der Waals surface area contributed by atoms with Crippen molar-refractivity contribution in [3.8, 4) is 0 Å². The van der Waals surface area contributed by atoms with Gasteiger partial charge in [-0.15, -0.1) is 0 Å². The fraction of sp³-hybridized carbons (Fsp3) is 0.278. The molecule has 2 heterocycles. The van der Waals surface area contributed by atoms with Crippen LogP contribution in [0.25, 0.3) is 11.0 Å². The molecule has 124 valence electrons. The summed E-state index contributed by atoms with van der Waals surface area (Å²) in [6, 6.07) is 9.33. The smallest absolute Gasteiger partial charge is 0.252 e. The Bertz CT molecular complexity index is 901. The van der Waals surface area contributed by atoms with Gasteiger partial charge in [0.1, 0.15) is 0 Å². The molecule has 0 bridgehead atoms. The summed E-state index contributed by atoms with van der Waals surface area (Å²) in [6.45, 7) is 3.92. The molecule has 6 nitrogen and oxygen atoms in total. The fourth-order valence-corrected chi connectivity index (χ4v) is 2.78. The lowest BCUT2D eigenvalue weighted by atomic mass is 10.0. The Balaban J connectivity index is 1.80. The number of carbonyl (C=O) groups excluding carboxylic acids is 1. The molecular weight excluding hydrogens is 304 g/mol. The highest BCUT2D eigenvalue weighted by Gasteiger charge is 2.17. The van der Waals surface area contributed by atoms with Gasteiger partial charge in [0.2, 0.25) is 0 Å². The number of hydrogen-bond acceptors (Lipinski definition) is 4. The van der Waals surface area contributed by atoms with Crippen molar-refractivity contribution in [2.75, 3.05) is 6.54 Å². The van der Waals surface area contributed by atoms with Crippen LogP contribution in [0.2, 0.25) is 0 Å². The van der Waals surface area contributed by atoms with Crippen LogP contribution in [-0.2, 0) is 7.05 Å². The second-order valence-electron chi connectivity index (χ2n) is 5.90. The standard InChI is InChI=1S/C18H20N4O2/c1-11-6-4-5-7-13(11)16(23)10-19-18(24)14-8-12(2)21-17-15(14)9-20-22(17)3/h4-9,16,23H,10H2,1-3H3,(H,19,24). The van der Waals surface area contributed by atoms with E-state index in [0.717, 1.165) is 16.8 Å². The number of carbonyl (C=O) groups is 1. The Kier molecular flexibility index (Phi) is 4.31. The van der Waals surface area contributed by atoms with Crippen molar-refractivity contribution in [3.05, 3.63) is 58.9 Å². The molecule has 3 rings (SSSR count). The van der Waals surface area contributed by atoms with E-state index in [-0.39, 0.29) is 12.5 Å². The van der Waals surface area contributed by atoms with Crippen LogP contribution >= 0.6 is 0 Å². The van der Waals surface area contributed by atoms with Crippen molar-refractivity contribution in [2.45, 2.75) is 20.0 Å². The van der Waals surface area contributed by atoms with E-state index in [1.807, 2.05) is 38.1 Å². The van der Waals surface area contributed by atoms with E-state index in [1.165, 1.54) is 0 Å². The van der Waals surface area contributed by atoms with Crippen LogP contribution in [0.5, 0.6) is 0 Å². The maximum Gasteiger partial charge on any atom is 0.252 e. The summed E-state index contributed by atoms with van der Waals surface area (Å²) in [6.07, 6.45) is 0.886. The molecule has 0 aliphatic carbocycles. The van der Waals surface area contributed by atoms with Gasteiger partial charge in [0.15, 0.2) is 5.65 Å². The predicted octanol–water partition coefficient (Wildman–Crippen LogP) is 2.05. The number of aliphatic hydroxyl groups is 1. The minimum atomic E-state index is -0.748. The SMILES string of the molecule is Cc1cc(C(=O)NCC(O)c2ccccc2C)c2cnn(C)c2n1. The van der Waals surface area contributed by atoms with Crippen molar-refractivity contribution in [1.82, 2.24) is 20.1 Å². The Morgan fingerprint density at radius 2 is 2.08 bits per heavy atom. The number of aliphatic hydroxyl groups excluding tert-OH is 1. The van der Waals surface area contributed by atoms with Crippen LogP contribution in [0.1, 0.15) is 33.3 Å². The maximum atomic E-state index is 12.6. The first-order chi connectivity index (χ1) is 11.5. The number of pyridine rings is 1. The first-order valence-corrected chi connectivity index (χ1v) is 7.78. The molecule has 3 aromatic rings. The Morgan fingerprint density at radius 3 is 2.83 bits per heavy atom. The number of hydrogen-bond donors (Lipinski definition) is 2. The number of nitrogens with one attached hydrogen (secondary N) is 1. The highest BCUT2D eigenvalue weighted by molar-refractivity contribution is 6.05. The second kappa shape index (κ2) is 6.41. The van der Waals surface area contributed by atoms with Gasteiger partial charge >= 0.3 is 0 Å². The van der Waals surface area contributed by atoms with Gasteiger partial charge in [0.05, 0.1) is 23.3 Å². The second-order valence-corrected chi connectivity index (χ2v) is 5.90. The van der Waals surface area contributed by atoms with E-state index in [4.69, 9.17) is 0 Å². The van der Waals surface area contributed by atoms with Gasteiger partial charge in [-0.1, -0.05) is 24.3 Å². The van der Waals surface area contributed by atoms with Crippen molar-refractivity contribution in [2.24, 2.45) is 7.05 Å². The molecule has 1 aromatic carbocycles. The number of amides is 1. The molecule has 0 aliphatic heterocycles. The monoisotopic (exact) mass is 324 g/mol.